The first-order valence-corrected chi connectivity index (χ1v) is 17.0. The van der Waals surface area contributed by atoms with E-state index in [9.17, 15) is 14.0 Å². The van der Waals surface area contributed by atoms with Crippen LogP contribution in [-0.2, 0) is 16.2 Å². The van der Waals surface area contributed by atoms with E-state index < -0.39 is 13.9 Å². The SMILES string of the molecule is Cc1nn(C2CCCCO2)c2ccc(C(=O)Nc3cc4c(cn3)c(F)c(C=O)n4COCC[Si](C)(C)C)cc12. The van der Waals surface area contributed by atoms with E-state index in [1.807, 2.05) is 23.7 Å². The number of benzene rings is 1. The molecule has 0 aliphatic carbocycles. The monoisotopic (exact) mass is 551 g/mol. The van der Waals surface area contributed by atoms with Gasteiger partial charge in [-0.2, -0.15) is 5.10 Å². The van der Waals surface area contributed by atoms with E-state index in [0.717, 1.165) is 48.5 Å². The molecule has 3 aromatic heterocycles. The zero-order valence-electron chi connectivity index (χ0n) is 22.8. The molecule has 4 heterocycles. The summed E-state index contributed by atoms with van der Waals surface area (Å²) in [5.74, 6) is -0.765. The van der Waals surface area contributed by atoms with Gasteiger partial charge in [0.15, 0.2) is 18.3 Å². The number of fused-ring (bicyclic) bond motifs is 2. The third-order valence-corrected chi connectivity index (χ3v) is 8.78. The first kappa shape index (κ1) is 27.2. The van der Waals surface area contributed by atoms with Gasteiger partial charge in [0.1, 0.15) is 18.2 Å². The van der Waals surface area contributed by atoms with Gasteiger partial charge in [-0.05, 0) is 50.4 Å². The average molecular weight is 552 g/mol. The van der Waals surface area contributed by atoms with Crippen molar-refractivity contribution in [2.24, 2.45) is 0 Å². The highest BCUT2D eigenvalue weighted by Crippen LogP contribution is 2.29. The largest absolute Gasteiger partial charge is 0.361 e. The predicted octanol–water partition coefficient (Wildman–Crippen LogP) is 5.91. The molecule has 206 valence electrons. The lowest BCUT2D eigenvalue weighted by Crippen LogP contribution is -2.22. The van der Waals surface area contributed by atoms with E-state index >= 15 is 0 Å². The van der Waals surface area contributed by atoms with E-state index in [1.54, 1.807) is 12.1 Å². The number of carbonyl (C=O) groups is 2. The number of pyridine rings is 1. The van der Waals surface area contributed by atoms with Gasteiger partial charge in [0, 0.05) is 44.5 Å². The standard InChI is InChI=1S/C28H34FN5O4Si/c1-18-20-13-19(8-9-22(20)34(32-18)26-7-5-6-10-38-26)28(36)31-25-14-23-21(15-30-25)27(29)24(16-35)33(23)17-37-11-12-39(2,3)4/h8-9,13-16,26H,5-7,10-12,17H2,1-4H3,(H,30,31,36). The number of halogens is 1. The third kappa shape index (κ3) is 5.66. The van der Waals surface area contributed by atoms with Crippen LogP contribution in [0.2, 0.25) is 25.7 Å². The minimum Gasteiger partial charge on any atom is -0.361 e. The molecule has 1 aliphatic rings. The van der Waals surface area contributed by atoms with Crippen molar-refractivity contribution in [1.82, 2.24) is 19.3 Å². The highest BCUT2D eigenvalue weighted by Gasteiger charge is 2.22. The Morgan fingerprint density at radius 2 is 2.05 bits per heavy atom. The van der Waals surface area contributed by atoms with Crippen LogP contribution in [0.3, 0.4) is 0 Å². The molecule has 0 bridgehead atoms. The number of aldehydes is 1. The van der Waals surface area contributed by atoms with Gasteiger partial charge in [-0.15, -0.1) is 0 Å². The highest BCUT2D eigenvalue weighted by molar-refractivity contribution is 6.76. The lowest BCUT2D eigenvalue weighted by atomic mass is 10.1. The van der Waals surface area contributed by atoms with Crippen molar-refractivity contribution in [3.63, 3.8) is 0 Å². The smallest absolute Gasteiger partial charge is 0.256 e. The molecular formula is C28H34FN5O4Si. The van der Waals surface area contributed by atoms with Gasteiger partial charge in [0.2, 0.25) is 0 Å². The Kier molecular flexibility index (Phi) is 7.65. The van der Waals surface area contributed by atoms with Crippen molar-refractivity contribution in [2.45, 2.75) is 64.8 Å². The summed E-state index contributed by atoms with van der Waals surface area (Å²) < 4.78 is 30.0. The zero-order valence-corrected chi connectivity index (χ0v) is 23.8. The van der Waals surface area contributed by atoms with Crippen LogP contribution in [0, 0.1) is 12.7 Å². The molecule has 1 aliphatic heterocycles. The lowest BCUT2D eigenvalue weighted by molar-refractivity contribution is -0.0368. The van der Waals surface area contributed by atoms with Crippen molar-refractivity contribution < 1.29 is 23.5 Å². The van der Waals surface area contributed by atoms with Crippen molar-refractivity contribution in [2.75, 3.05) is 18.5 Å². The molecule has 1 aromatic carbocycles. The van der Waals surface area contributed by atoms with Crippen LogP contribution in [-0.4, -0.2) is 52.8 Å². The minimum atomic E-state index is -1.30. The van der Waals surface area contributed by atoms with Crippen molar-refractivity contribution in [1.29, 1.82) is 0 Å². The number of rotatable bonds is 9. The van der Waals surface area contributed by atoms with Crippen LogP contribution in [0.5, 0.6) is 0 Å². The van der Waals surface area contributed by atoms with Gasteiger partial charge in [-0.25, -0.2) is 14.1 Å². The van der Waals surface area contributed by atoms with E-state index in [4.69, 9.17) is 9.47 Å². The second kappa shape index (κ2) is 11.0. The number of anilines is 1. The predicted molar refractivity (Wildman–Crippen MR) is 150 cm³/mol. The van der Waals surface area contributed by atoms with Gasteiger partial charge < -0.3 is 19.4 Å². The fraction of sp³-hybridized carbons (Fsp3) is 0.429. The molecule has 4 aromatic rings. The molecule has 0 radical (unpaired) electrons. The average Bonchev–Trinajstić information content (AvgIpc) is 3.39. The topological polar surface area (TPSA) is 100 Å². The van der Waals surface area contributed by atoms with Crippen LogP contribution in [0.4, 0.5) is 10.2 Å². The number of hydrogen-bond acceptors (Lipinski definition) is 6. The summed E-state index contributed by atoms with van der Waals surface area (Å²) in [5, 5.41) is 8.55. The Morgan fingerprint density at radius 3 is 2.77 bits per heavy atom. The molecule has 1 unspecified atom stereocenters. The molecule has 1 N–H and O–H groups in total. The molecule has 1 atom stereocenters. The second-order valence-electron chi connectivity index (χ2n) is 11.2. The number of ether oxygens (including phenoxy) is 2. The van der Waals surface area contributed by atoms with Crippen molar-refractivity contribution in [3.05, 3.63) is 53.2 Å². The van der Waals surface area contributed by atoms with Crippen LogP contribution in [0.1, 0.15) is 52.0 Å². The van der Waals surface area contributed by atoms with Crippen LogP contribution < -0.4 is 5.32 Å². The Bertz CT molecular complexity index is 1530. The van der Waals surface area contributed by atoms with Crippen molar-refractivity contribution >= 4 is 47.9 Å². The number of carbonyl (C=O) groups excluding carboxylic acids is 2. The van der Waals surface area contributed by atoms with E-state index in [-0.39, 0.29) is 35.8 Å². The summed E-state index contributed by atoms with van der Waals surface area (Å²) in [6, 6.07) is 7.95. The summed E-state index contributed by atoms with van der Waals surface area (Å²) in [4.78, 5) is 29.1. The zero-order chi connectivity index (χ0) is 27.7. The molecule has 1 fully saturated rings. The maximum Gasteiger partial charge on any atom is 0.256 e. The van der Waals surface area contributed by atoms with Gasteiger partial charge in [0.25, 0.3) is 5.91 Å². The summed E-state index contributed by atoms with van der Waals surface area (Å²) in [6.07, 6.45) is 4.76. The number of hydrogen-bond donors (Lipinski definition) is 1. The van der Waals surface area contributed by atoms with Gasteiger partial charge in [-0.1, -0.05) is 19.6 Å². The molecule has 0 spiro atoms. The molecule has 5 rings (SSSR count). The Hall–Kier alpha value is -3.41. The van der Waals surface area contributed by atoms with Crippen LogP contribution >= 0.6 is 0 Å². The molecule has 9 nitrogen and oxygen atoms in total. The molecule has 11 heteroatoms. The number of amides is 1. The van der Waals surface area contributed by atoms with Crippen LogP contribution in [0.25, 0.3) is 21.8 Å². The number of nitrogens with zero attached hydrogens (tertiary/aromatic N) is 4. The molecule has 0 saturated carbocycles. The molecule has 39 heavy (non-hydrogen) atoms. The van der Waals surface area contributed by atoms with Gasteiger partial charge in [-0.3, -0.25) is 9.59 Å². The van der Waals surface area contributed by atoms with Gasteiger partial charge >= 0.3 is 0 Å². The summed E-state index contributed by atoms with van der Waals surface area (Å²) >= 11 is 0. The van der Waals surface area contributed by atoms with Crippen LogP contribution in [0.15, 0.2) is 30.5 Å². The fourth-order valence-electron chi connectivity index (χ4n) is 4.84. The molecular weight excluding hydrogens is 517 g/mol. The fourth-order valence-corrected chi connectivity index (χ4v) is 5.60. The van der Waals surface area contributed by atoms with E-state index in [1.165, 1.54) is 10.8 Å². The maximum atomic E-state index is 14.9. The highest BCUT2D eigenvalue weighted by atomic mass is 28.3. The molecule has 1 amide bonds. The van der Waals surface area contributed by atoms with E-state index in [2.05, 4.69) is 35.0 Å². The number of nitrogens with one attached hydrogen (secondary N) is 1. The van der Waals surface area contributed by atoms with Gasteiger partial charge in [0.05, 0.1) is 22.1 Å². The summed E-state index contributed by atoms with van der Waals surface area (Å²) in [7, 11) is -1.30. The summed E-state index contributed by atoms with van der Waals surface area (Å²) in [5.41, 5.74) is 2.49. The lowest BCUT2D eigenvalue weighted by Gasteiger charge is -2.23. The normalized spacial score (nSPS) is 16.2. The number of aryl methyl sites for hydroxylation is 1. The quantitative estimate of drug-likeness (QED) is 0.158. The Balaban J connectivity index is 1.38. The maximum absolute atomic E-state index is 14.9. The minimum absolute atomic E-state index is 0.0288. The Morgan fingerprint density at radius 1 is 1.23 bits per heavy atom. The first-order chi connectivity index (χ1) is 18.7. The van der Waals surface area contributed by atoms with E-state index in [0.29, 0.717) is 24.0 Å². The Labute approximate surface area is 227 Å². The third-order valence-electron chi connectivity index (χ3n) is 7.08. The summed E-state index contributed by atoms with van der Waals surface area (Å²) in [6.45, 7) is 9.92. The second-order valence-corrected chi connectivity index (χ2v) is 16.8. The number of aromatic nitrogens is 4. The van der Waals surface area contributed by atoms with Crippen molar-refractivity contribution in [3.8, 4) is 0 Å². The first-order valence-electron chi connectivity index (χ1n) is 13.3. The molecule has 1 saturated heterocycles.